The lowest BCUT2D eigenvalue weighted by atomic mass is 10.2. The number of nitrogens with one attached hydrogen (secondary N) is 1. The summed E-state index contributed by atoms with van der Waals surface area (Å²) < 4.78 is 5.42. The van der Waals surface area contributed by atoms with Crippen LogP contribution in [-0.4, -0.2) is 58.3 Å². The fourth-order valence-corrected chi connectivity index (χ4v) is 1.93. The van der Waals surface area contributed by atoms with E-state index in [1.54, 1.807) is 4.90 Å². The molecule has 0 aliphatic carbocycles. The number of amides is 1. The Labute approximate surface area is 106 Å². The molecule has 0 aromatic carbocycles. The number of carbonyl (C=O) groups is 1. The molecule has 7 nitrogen and oxygen atoms in total. The van der Waals surface area contributed by atoms with Gasteiger partial charge in [-0.25, -0.2) is 4.98 Å². The molecule has 1 amide bonds. The number of nitrogens with two attached hydrogens (primary N) is 1. The molecule has 0 radical (unpaired) electrons. The third-order valence-corrected chi connectivity index (χ3v) is 2.90. The van der Waals surface area contributed by atoms with Gasteiger partial charge < -0.3 is 15.4 Å². The van der Waals surface area contributed by atoms with Crippen LogP contribution in [0.3, 0.4) is 0 Å². The standard InChI is InChI=1S/C11H19N5O2/c1-2-3-9-13-10(15-14-9)11(17)16-4-5-18-8(6-12)7-16/h8H,2-7,12H2,1H3,(H,13,14,15). The van der Waals surface area contributed by atoms with E-state index in [1.807, 2.05) is 0 Å². The molecule has 0 saturated carbocycles. The van der Waals surface area contributed by atoms with Crippen LogP contribution in [0.15, 0.2) is 0 Å². The maximum atomic E-state index is 12.2. The van der Waals surface area contributed by atoms with Crippen molar-refractivity contribution in [3.8, 4) is 0 Å². The van der Waals surface area contributed by atoms with Crippen molar-refractivity contribution in [2.75, 3.05) is 26.2 Å². The molecule has 0 spiro atoms. The van der Waals surface area contributed by atoms with E-state index in [0.717, 1.165) is 18.7 Å². The number of hydrogen-bond acceptors (Lipinski definition) is 5. The maximum Gasteiger partial charge on any atom is 0.293 e. The topological polar surface area (TPSA) is 97.1 Å². The Balaban J connectivity index is 2.00. The lowest BCUT2D eigenvalue weighted by molar-refractivity contribution is -0.0171. The summed E-state index contributed by atoms with van der Waals surface area (Å²) in [5.74, 6) is 0.830. The van der Waals surface area contributed by atoms with Gasteiger partial charge in [0.1, 0.15) is 5.82 Å². The molecule has 1 unspecified atom stereocenters. The lowest BCUT2D eigenvalue weighted by Crippen LogP contribution is -2.48. The quantitative estimate of drug-likeness (QED) is 0.758. The highest BCUT2D eigenvalue weighted by Gasteiger charge is 2.26. The first-order valence-electron chi connectivity index (χ1n) is 6.26. The van der Waals surface area contributed by atoms with Gasteiger partial charge in [0, 0.05) is 26.1 Å². The van der Waals surface area contributed by atoms with Crippen molar-refractivity contribution in [3.63, 3.8) is 0 Å². The number of nitrogens with zero attached hydrogens (tertiary/aromatic N) is 3. The zero-order valence-electron chi connectivity index (χ0n) is 10.6. The second-order valence-electron chi connectivity index (χ2n) is 4.34. The normalized spacial score (nSPS) is 20.1. The number of rotatable bonds is 4. The van der Waals surface area contributed by atoms with E-state index in [9.17, 15) is 4.79 Å². The molecule has 18 heavy (non-hydrogen) atoms. The van der Waals surface area contributed by atoms with Crippen LogP contribution in [0.25, 0.3) is 0 Å². The zero-order valence-corrected chi connectivity index (χ0v) is 10.6. The summed E-state index contributed by atoms with van der Waals surface area (Å²) in [7, 11) is 0. The predicted octanol–water partition coefficient (Wildman–Crippen LogP) is -0.443. The fourth-order valence-electron chi connectivity index (χ4n) is 1.93. The van der Waals surface area contributed by atoms with Gasteiger partial charge in [0.25, 0.3) is 5.91 Å². The molecule has 100 valence electrons. The first-order chi connectivity index (χ1) is 8.74. The fraction of sp³-hybridized carbons (Fsp3) is 0.727. The van der Waals surface area contributed by atoms with E-state index in [2.05, 4.69) is 22.1 Å². The highest BCUT2D eigenvalue weighted by Crippen LogP contribution is 2.08. The number of ether oxygens (including phenoxy) is 1. The molecule has 2 rings (SSSR count). The number of carbonyl (C=O) groups excluding carboxylic acids is 1. The van der Waals surface area contributed by atoms with Crippen LogP contribution in [0.2, 0.25) is 0 Å². The van der Waals surface area contributed by atoms with Crippen molar-refractivity contribution in [1.82, 2.24) is 20.1 Å². The van der Waals surface area contributed by atoms with E-state index in [1.165, 1.54) is 0 Å². The number of hydrogen-bond donors (Lipinski definition) is 2. The summed E-state index contributed by atoms with van der Waals surface area (Å²) >= 11 is 0. The number of aryl methyl sites for hydroxylation is 1. The zero-order chi connectivity index (χ0) is 13.0. The van der Waals surface area contributed by atoms with Crippen LogP contribution in [0.4, 0.5) is 0 Å². The second-order valence-corrected chi connectivity index (χ2v) is 4.34. The summed E-state index contributed by atoms with van der Waals surface area (Å²) in [6.07, 6.45) is 1.68. The van der Waals surface area contributed by atoms with Gasteiger partial charge in [0.2, 0.25) is 5.82 Å². The molecule has 7 heteroatoms. The van der Waals surface area contributed by atoms with E-state index in [-0.39, 0.29) is 17.8 Å². The largest absolute Gasteiger partial charge is 0.373 e. The molecule has 2 heterocycles. The Morgan fingerprint density at radius 3 is 3.22 bits per heavy atom. The number of morpholine rings is 1. The van der Waals surface area contributed by atoms with E-state index in [0.29, 0.717) is 26.2 Å². The lowest BCUT2D eigenvalue weighted by Gasteiger charge is -2.31. The second kappa shape index (κ2) is 5.92. The average Bonchev–Trinajstić information content (AvgIpc) is 2.87. The van der Waals surface area contributed by atoms with E-state index < -0.39 is 0 Å². The highest BCUT2D eigenvalue weighted by molar-refractivity contribution is 5.90. The van der Waals surface area contributed by atoms with Gasteiger partial charge in [0.05, 0.1) is 12.7 Å². The first kappa shape index (κ1) is 13.0. The van der Waals surface area contributed by atoms with Crippen LogP contribution in [0.1, 0.15) is 29.8 Å². The van der Waals surface area contributed by atoms with Crippen molar-refractivity contribution < 1.29 is 9.53 Å². The molecule has 1 aromatic heterocycles. The molecule has 1 aromatic rings. The van der Waals surface area contributed by atoms with Gasteiger partial charge in [-0.3, -0.25) is 9.89 Å². The third kappa shape index (κ3) is 2.85. The summed E-state index contributed by atoms with van der Waals surface area (Å²) in [5, 5.41) is 6.75. The third-order valence-electron chi connectivity index (χ3n) is 2.90. The van der Waals surface area contributed by atoms with Gasteiger partial charge in [-0.15, -0.1) is 5.10 Å². The van der Waals surface area contributed by atoms with Gasteiger partial charge >= 0.3 is 0 Å². The minimum Gasteiger partial charge on any atom is -0.373 e. The molecule has 1 atom stereocenters. The first-order valence-corrected chi connectivity index (χ1v) is 6.26. The molecular weight excluding hydrogens is 234 g/mol. The minimum atomic E-state index is -0.157. The number of H-pyrrole nitrogens is 1. The van der Waals surface area contributed by atoms with Crippen molar-refractivity contribution in [2.24, 2.45) is 5.73 Å². The molecular formula is C11H19N5O2. The summed E-state index contributed by atoms with van der Waals surface area (Å²) in [6, 6.07) is 0. The van der Waals surface area contributed by atoms with Crippen molar-refractivity contribution >= 4 is 5.91 Å². The molecule has 0 bridgehead atoms. The van der Waals surface area contributed by atoms with Crippen molar-refractivity contribution in [2.45, 2.75) is 25.9 Å². The van der Waals surface area contributed by atoms with E-state index in [4.69, 9.17) is 10.5 Å². The summed E-state index contributed by atoms with van der Waals surface area (Å²) in [5.41, 5.74) is 5.55. The Kier molecular flexibility index (Phi) is 4.27. The SMILES string of the molecule is CCCc1nc(C(=O)N2CCOC(CN)C2)n[nH]1. The monoisotopic (exact) mass is 253 g/mol. The number of aromatic amines is 1. The van der Waals surface area contributed by atoms with E-state index >= 15 is 0 Å². The summed E-state index contributed by atoms with van der Waals surface area (Å²) in [6.45, 7) is 4.05. The smallest absolute Gasteiger partial charge is 0.293 e. The van der Waals surface area contributed by atoms with Gasteiger partial charge in [-0.05, 0) is 6.42 Å². The molecule has 1 aliphatic heterocycles. The van der Waals surface area contributed by atoms with Crippen LogP contribution in [0.5, 0.6) is 0 Å². The molecule has 3 N–H and O–H groups in total. The van der Waals surface area contributed by atoms with Crippen LogP contribution < -0.4 is 5.73 Å². The van der Waals surface area contributed by atoms with Crippen molar-refractivity contribution in [3.05, 3.63) is 11.6 Å². The number of aromatic nitrogens is 3. The van der Waals surface area contributed by atoms with Gasteiger partial charge in [0.15, 0.2) is 0 Å². The Hall–Kier alpha value is -1.47. The molecule has 1 saturated heterocycles. The average molecular weight is 253 g/mol. The van der Waals surface area contributed by atoms with Crippen molar-refractivity contribution in [1.29, 1.82) is 0 Å². The Morgan fingerprint density at radius 1 is 1.67 bits per heavy atom. The van der Waals surface area contributed by atoms with Gasteiger partial charge in [-0.1, -0.05) is 6.92 Å². The summed E-state index contributed by atoms with van der Waals surface area (Å²) in [4.78, 5) is 18.1. The molecule has 1 fully saturated rings. The predicted molar refractivity (Wildman–Crippen MR) is 65.1 cm³/mol. The molecule has 1 aliphatic rings. The van der Waals surface area contributed by atoms with Gasteiger partial charge in [-0.2, -0.15) is 0 Å². The van der Waals surface area contributed by atoms with Crippen LogP contribution in [-0.2, 0) is 11.2 Å². The Morgan fingerprint density at radius 2 is 2.50 bits per heavy atom. The highest BCUT2D eigenvalue weighted by atomic mass is 16.5. The Bertz CT molecular complexity index is 406. The van der Waals surface area contributed by atoms with Crippen LogP contribution in [0, 0.1) is 0 Å². The maximum absolute atomic E-state index is 12.2. The van der Waals surface area contributed by atoms with Crippen LogP contribution >= 0.6 is 0 Å². The minimum absolute atomic E-state index is 0.0863.